The van der Waals surface area contributed by atoms with Crippen molar-refractivity contribution in [2.24, 2.45) is 16.6 Å². The monoisotopic (exact) mass is 478 g/mol. The summed E-state index contributed by atoms with van der Waals surface area (Å²) in [6, 6.07) is 17.2. The summed E-state index contributed by atoms with van der Waals surface area (Å²) in [4.78, 5) is 30.1. The highest BCUT2D eigenvalue weighted by molar-refractivity contribution is 6.31. The van der Waals surface area contributed by atoms with Crippen molar-refractivity contribution in [1.82, 2.24) is 4.90 Å². The van der Waals surface area contributed by atoms with E-state index in [2.05, 4.69) is 4.90 Å². The van der Waals surface area contributed by atoms with E-state index < -0.39 is 22.7 Å². The number of rotatable bonds is 6. The van der Waals surface area contributed by atoms with Gasteiger partial charge in [0.25, 0.3) is 0 Å². The van der Waals surface area contributed by atoms with Crippen molar-refractivity contribution in [3.05, 3.63) is 70.7 Å². The number of ether oxygens (including phenoxy) is 1. The number of benzene rings is 2. The summed E-state index contributed by atoms with van der Waals surface area (Å²) in [6.45, 7) is 1.85. The van der Waals surface area contributed by atoms with Crippen LogP contribution in [0.25, 0.3) is 11.1 Å². The number of methoxy groups -OCH3 is 1. The Bertz CT molecular complexity index is 1120. The highest BCUT2D eigenvalue weighted by Crippen LogP contribution is 2.75. The van der Waals surface area contributed by atoms with Gasteiger partial charge in [-0.15, -0.1) is 0 Å². The number of primary amides is 1. The van der Waals surface area contributed by atoms with E-state index >= 15 is 0 Å². The van der Waals surface area contributed by atoms with Gasteiger partial charge in [0.15, 0.2) is 0 Å². The number of halogens is 1. The Kier molecular flexibility index (Phi) is 6.03. The maximum Gasteiger partial charge on any atom is 0.322 e. The number of likely N-dealkylation sites (tertiary alicyclic amines) is 1. The third kappa shape index (κ3) is 3.24. The minimum Gasteiger partial charge on any atom is -0.468 e. The molecule has 6 heteroatoms. The second-order valence-corrected chi connectivity index (χ2v) is 10.1. The zero-order valence-corrected chi connectivity index (χ0v) is 20.3. The topological polar surface area (TPSA) is 72.6 Å². The van der Waals surface area contributed by atoms with E-state index in [0.29, 0.717) is 11.4 Å². The van der Waals surface area contributed by atoms with Gasteiger partial charge >= 0.3 is 5.97 Å². The highest BCUT2D eigenvalue weighted by atomic mass is 35.5. The van der Waals surface area contributed by atoms with Crippen molar-refractivity contribution in [3.8, 4) is 0 Å². The first-order valence-electron chi connectivity index (χ1n) is 12.2. The standard InChI is InChI=1S/C28H31ClN2O3/c1-34-26(33)28(27(25(30)32)16-6-5-11-22(27)31-17-7-8-18-31)23(19-9-3-2-4-10-19)24(28)20-12-14-21(29)15-13-20/h2-4,9-10,12-15,22H,5-8,11,16-18H2,1H3,(H2,30,32). The fourth-order valence-corrected chi connectivity index (χ4v) is 6.95. The first-order chi connectivity index (χ1) is 16.5. The Labute approximate surface area is 205 Å². The van der Waals surface area contributed by atoms with Crippen LogP contribution < -0.4 is 5.73 Å². The number of nitrogens with two attached hydrogens (primary N) is 1. The lowest BCUT2D eigenvalue weighted by atomic mass is 9.56. The van der Waals surface area contributed by atoms with Gasteiger partial charge in [0.2, 0.25) is 5.91 Å². The fraction of sp³-hybridized carbons (Fsp3) is 0.429. The van der Waals surface area contributed by atoms with Crippen molar-refractivity contribution in [1.29, 1.82) is 0 Å². The number of hydrogen-bond acceptors (Lipinski definition) is 4. The summed E-state index contributed by atoms with van der Waals surface area (Å²) in [7, 11) is 1.41. The second-order valence-electron chi connectivity index (χ2n) is 9.70. The fourth-order valence-electron chi connectivity index (χ4n) is 6.82. The lowest BCUT2D eigenvalue weighted by Gasteiger charge is -2.51. The van der Waals surface area contributed by atoms with E-state index in [-0.39, 0.29) is 6.04 Å². The number of carbonyl (C=O) groups excluding carboxylic acids is 2. The van der Waals surface area contributed by atoms with Crippen molar-refractivity contribution >= 4 is 34.6 Å². The minimum absolute atomic E-state index is 0.108. The molecule has 178 valence electrons. The van der Waals surface area contributed by atoms with Crippen molar-refractivity contribution in [2.75, 3.05) is 20.2 Å². The predicted octanol–water partition coefficient (Wildman–Crippen LogP) is 4.93. The highest BCUT2D eigenvalue weighted by Gasteiger charge is 2.76. The Morgan fingerprint density at radius 3 is 2.15 bits per heavy atom. The number of carbonyl (C=O) groups is 2. The molecule has 2 N–H and O–H groups in total. The number of amides is 1. The average Bonchev–Trinajstić information content (AvgIpc) is 3.27. The molecule has 1 saturated heterocycles. The first kappa shape index (κ1) is 23.1. The Hall–Kier alpha value is -2.63. The molecule has 34 heavy (non-hydrogen) atoms. The molecule has 3 atom stereocenters. The Morgan fingerprint density at radius 1 is 0.941 bits per heavy atom. The molecule has 2 aromatic rings. The molecule has 2 aliphatic carbocycles. The van der Waals surface area contributed by atoms with Crippen LogP contribution in [0.1, 0.15) is 49.7 Å². The molecule has 5 nitrogen and oxygen atoms in total. The summed E-state index contributed by atoms with van der Waals surface area (Å²) >= 11 is 6.20. The molecule has 0 aromatic heterocycles. The van der Waals surface area contributed by atoms with Crippen LogP contribution in [0.15, 0.2) is 54.6 Å². The lowest BCUT2D eigenvalue weighted by molar-refractivity contribution is -0.161. The molecule has 1 aliphatic heterocycles. The molecule has 2 fully saturated rings. The van der Waals surface area contributed by atoms with Crippen molar-refractivity contribution < 1.29 is 14.3 Å². The van der Waals surface area contributed by atoms with Crippen LogP contribution in [0.5, 0.6) is 0 Å². The van der Waals surface area contributed by atoms with Gasteiger partial charge in [-0.05, 0) is 73.2 Å². The number of nitrogens with zero attached hydrogens (tertiary/aromatic N) is 1. The van der Waals surface area contributed by atoms with E-state index in [4.69, 9.17) is 22.1 Å². The summed E-state index contributed by atoms with van der Waals surface area (Å²) in [5, 5.41) is 0.618. The van der Waals surface area contributed by atoms with Gasteiger partial charge in [0.1, 0.15) is 5.41 Å². The smallest absolute Gasteiger partial charge is 0.322 e. The SMILES string of the molecule is COC(=O)C1(C2(C(N)=O)CCCCC2N2CCCC2)C(c2ccccc2)=C1c1ccc(Cl)cc1. The van der Waals surface area contributed by atoms with Crippen LogP contribution in [0.4, 0.5) is 0 Å². The maximum atomic E-state index is 14.0. The molecule has 1 saturated carbocycles. The first-order valence-corrected chi connectivity index (χ1v) is 12.5. The van der Waals surface area contributed by atoms with Gasteiger partial charge in [-0.25, -0.2) is 0 Å². The molecule has 2 aromatic carbocycles. The molecule has 0 spiro atoms. The normalized spacial score (nSPS) is 29.2. The molecule has 0 radical (unpaired) electrons. The van der Waals surface area contributed by atoms with Gasteiger partial charge < -0.3 is 10.5 Å². The van der Waals surface area contributed by atoms with Crippen LogP contribution in [0.3, 0.4) is 0 Å². The van der Waals surface area contributed by atoms with Crippen LogP contribution >= 0.6 is 11.6 Å². The molecular formula is C28H31ClN2O3. The minimum atomic E-state index is -1.23. The number of hydrogen-bond donors (Lipinski definition) is 1. The summed E-state index contributed by atoms with van der Waals surface area (Å²) in [5.74, 6) is -0.812. The summed E-state index contributed by atoms with van der Waals surface area (Å²) in [5.41, 5.74) is 7.55. The van der Waals surface area contributed by atoms with E-state index in [9.17, 15) is 9.59 Å². The van der Waals surface area contributed by atoms with Gasteiger partial charge in [0, 0.05) is 11.1 Å². The van der Waals surface area contributed by atoms with Crippen LogP contribution in [-0.2, 0) is 14.3 Å². The van der Waals surface area contributed by atoms with E-state index in [1.807, 2.05) is 54.6 Å². The Morgan fingerprint density at radius 2 is 1.56 bits per heavy atom. The summed E-state index contributed by atoms with van der Waals surface area (Å²) < 4.78 is 5.51. The molecular weight excluding hydrogens is 448 g/mol. The molecule has 5 rings (SSSR count). The maximum absolute atomic E-state index is 14.0. The zero-order valence-electron chi connectivity index (χ0n) is 19.6. The second kappa shape index (κ2) is 8.86. The summed E-state index contributed by atoms with van der Waals surface area (Å²) in [6.07, 6.45) is 5.47. The van der Waals surface area contributed by atoms with Crippen LogP contribution in [-0.4, -0.2) is 43.0 Å². The molecule has 3 aliphatic rings. The van der Waals surface area contributed by atoms with Crippen LogP contribution in [0, 0.1) is 10.8 Å². The van der Waals surface area contributed by atoms with E-state index in [0.717, 1.165) is 67.5 Å². The zero-order chi connectivity index (χ0) is 23.9. The van der Waals surface area contributed by atoms with E-state index in [1.54, 1.807) is 0 Å². The van der Waals surface area contributed by atoms with Gasteiger partial charge in [0.05, 0.1) is 12.5 Å². The molecule has 1 amide bonds. The van der Waals surface area contributed by atoms with Gasteiger partial charge in [-0.1, -0.05) is 66.9 Å². The van der Waals surface area contributed by atoms with E-state index in [1.165, 1.54) is 7.11 Å². The quantitative estimate of drug-likeness (QED) is 0.597. The third-order valence-corrected chi connectivity index (χ3v) is 8.43. The third-order valence-electron chi connectivity index (χ3n) is 8.18. The molecule has 1 heterocycles. The Balaban J connectivity index is 1.78. The largest absolute Gasteiger partial charge is 0.468 e. The van der Waals surface area contributed by atoms with Crippen LogP contribution in [0.2, 0.25) is 5.02 Å². The van der Waals surface area contributed by atoms with Crippen molar-refractivity contribution in [3.63, 3.8) is 0 Å². The predicted molar refractivity (Wildman–Crippen MR) is 134 cm³/mol. The lowest BCUT2D eigenvalue weighted by Crippen LogP contribution is -2.63. The molecule has 0 bridgehead atoms. The molecule has 3 unspecified atom stereocenters. The number of esters is 1. The average molecular weight is 479 g/mol. The van der Waals surface area contributed by atoms with Gasteiger partial charge in [-0.3, -0.25) is 14.5 Å². The van der Waals surface area contributed by atoms with Gasteiger partial charge in [-0.2, -0.15) is 0 Å². The van der Waals surface area contributed by atoms with Crippen molar-refractivity contribution in [2.45, 2.75) is 44.6 Å².